The van der Waals surface area contributed by atoms with Gasteiger partial charge in [0.15, 0.2) is 0 Å². The Kier molecular flexibility index (Phi) is 4.64. The summed E-state index contributed by atoms with van der Waals surface area (Å²) in [5.74, 6) is 0. The van der Waals surface area contributed by atoms with Gasteiger partial charge >= 0.3 is 0 Å². The molecule has 0 aliphatic carbocycles. The predicted molar refractivity (Wildman–Crippen MR) is 98.7 cm³/mol. The molecule has 3 aromatic rings. The lowest BCUT2D eigenvalue weighted by atomic mass is 9.96. The maximum atomic E-state index is 11.6. The molecule has 0 aliphatic heterocycles. The van der Waals surface area contributed by atoms with Gasteiger partial charge in [0.05, 0.1) is 14.6 Å². The smallest absolute Gasteiger partial charge is 0.137 e. The molecule has 5 heteroatoms. The Morgan fingerprint density at radius 3 is 2.21 bits per heavy atom. The summed E-state index contributed by atoms with van der Waals surface area (Å²) < 4.78 is 1.71. The minimum Gasteiger partial charge on any atom is -0.384 e. The summed E-state index contributed by atoms with van der Waals surface area (Å²) in [7, 11) is -1.84. The number of aromatic nitrogens is 3. The summed E-state index contributed by atoms with van der Waals surface area (Å²) in [5, 5.41) is 17.1. The molecule has 124 valence electrons. The van der Waals surface area contributed by atoms with Crippen molar-refractivity contribution in [2.75, 3.05) is 0 Å². The van der Waals surface area contributed by atoms with Gasteiger partial charge in [-0.1, -0.05) is 78.9 Å². The van der Waals surface area contributed by atoms with Crippen molar-refractivity contribution < 1.29 is 5.11 Å². The molecule has 0 fully saturated rings. The molecule has 3 rings (SSSR count). The lowest BCUT2D eigenvalue weighted by molar-refractivity contribution is 0.0334. The largest absolute Gasteiger partial charge is 0.384 e. The molecule has 1 unspecified atom stereocenters. The quantitative estimate of drug-likeness (QED) is 0.704. The SMILES string of the molecule is C[Si](C)(CC(O)(Cn1cncn1)c1ccccc1)c1ccccc1. The van der Waals surface area contributed by atoms with Crippen LogP contribution in [-0.4, -0.2) is 27.9 Å². The fraction of sp³-hybridized carbons (Fsp3) is 0.263. The second-order valence-electron chi connectivity index (χ2n) is 6.92. The van der Waals surface area contributed by atoms with Crippen LogP contribution in [0.1, 0.15) is 5.56 Å². The number of benzene rings is 2. The number of hydrogen-bond acceptors (Lipinski definition) is 3. The van der Waals surface area contributed by atoms with Crippen LogP contribution < -0.4 is 5.19 Å². The molecule has 0 aliphatic rings. The molecule has 1 atom stereocenters. The van der Waals surface area contributed by atoms with Crippen LogP contribution in [-0.2, 0) is 12.1 Å². The van der Waals surface area contributed by atoms with Crippen molar-refractivity contribution in [3.05, 3.63) is 78.9 Å². The van der Waals surface area contributed by atoms with Gasteiger partial charge in [0.2, 0.25) is 0 Å². The van der Waals surface area contributed by atoms with E-state index in [1.807, 2.05) is 36.4 Å². The summed E-state index contributed by atoms with van der Waals surface area (Å²) in [6, 6.07) is 21.1. The van der Waals surface area contributed by atoms with Crippen molar-refractivity contribution in [2.24, 2.45) is 0 Å². The van der Waals surface area contributed by atoms with Crippen LogP contribution in [0.25, 0.3) is 0 Å². The van der Waals surface area contributed by atoms with Gasteiger partial charge in [-0.25, -0.2) is 9.67 Å². The van der Waals surface area contributed by atoms with E-state index >= 15 is 0 Å². The van der Waals surface area contributed by atoms with Gasteiger partial charge in [-0.3, -0.25) is 0 Å². The monoisotopic (exact) mass is 337 g/mol. The highest BCUT2D eigenvalue weighted by Gasteiger charge is 2.38. The Bertz CT molecular complexity index is 760. The van der Waals surface area contributed by atoms with E-state index in [2.05, 4.69) is 47.4 Å². The minimum absolute atomic E-state index is 0.403. The fourth-order valence-electron chi connectivity index (χ4n) is 3.30. The van der Waals surface area contributed by atoms with E-state index in [4.69, 9.17) is 0 Å². The highest BCUT2D eigenvalue weighted by molar-refractivity contribution is 6.90. The first-order valence-corrected chi connectivity index (χ1v) is 11.4. The first-order chi connectivity index (χ1) is 11.5. The molecule has 0 spiro atoms. The molecule has 1 N–H and O–H groups in total. The van der Waals surface area contributed by atoms with Crippen LogP contribution in [0.3, 0.4) is 0 Å². The number of aliphatic hydroxyl groups is 1. The molecule has 1 heterocycles. The maximum Gasteiger partial charge on any atom is 0.137 e. The molecule has 1 aromatic heterocycles. The fourth-order valence-corrected chi connectivity index (χ4v) is 6.38. The molecule has 4 nitrogen and oxygen atoms in total. The summed E-state index contributed by atoms with van der Waals surface area (Å²) in [5.41, 5.74) is -0.0439. The Morgan fingerprint density at radius 1 is 1.00 bits per heavy atom. The van der Waals surface area contributed by atoms with Crippen LogP contribution >= 0.6 is 0 Å². The van der Waals surface area contributed by atoms with Gasteiger partial charge in [0, 0.05) is 0 Å². The van der Waals surface area contributed by atoms with Crippen molar-refractivity contribution in [3.63, 3.8) is 0 Å². The molecule has 0 bridgehead atoms. The Balaban J connectivity index is 1.96. The average molecular weight is 337 g/mol. The Hall–Kier alpha value is -2.24. The first-order valence-electron chi connectivity index (χ1n) is 8.15. The normalized spacial score (nSPS) is 14.3. The number of rotatable bonds is 6. The van der Waals surface area contributed by atoms with Crippen molar-refractivity contribution in [3.8, 4) is 0 Å². The van der Waals surface area contributed by atoms with E-state index in [1.54, 1.807) is 11.0 Å². The van der Waals surface area contributed by atoms with E-state index < -0.39 is 13.7 Å². The molecule has 2 aromatic carbocycles. The van der Waals surface area contributed by atoms with Crippen LogP contribution in [0.4, 0.5) is 0 Å². The molecule has 24 heavy (non-hydrogen) atoms. The second-order valence-corrected chi connectivity index (χ2v) is 11.6. The summed E-state index contributed by atoms with van der Waals surface area (Å²) in [4.78, 5) is 4.01. The van der Waals surface area contributed by atoms with E-state index in [0.717, 1.165) is 5.56 Å². The molecular formula is C19H23N3OSi. The van der Waals surface area contributed by atoms with E-state index in [1.165, 1.54) is 11.5 Å². The van der Waals surface area contributed by atoms with Crippen LogP contribution in [0.15, 0.2) is 73.3 Å². The molecule has 0 saturated heterocycles. The minimum atomic E-state index is -1.84. The van der Waals surface area contributed by atoms with Gasteiger partial charge in [-0.15, -0.1) is 0 Å². The average Bonchev–Trinajstić information content (AvgIpc) is 3.09. The zero-order valence-corrected chi connectivity index (χ0v) is 15.1. The number of nitrogens with zero attached hydrogens (tertiary/aromatic N) is 3. The van der Waals surface area contributed by atoms with Crippen LogP contribution in [0.2, 0.25) is 19.1 Å². The highest BCUT2D eigenvalue weighted by atomic mass is 28.3. The standard InChI is InChI=1S/C19H23N3OSi/c1-24(2,18-11-7-4-8-12-18)14-19(23,13-22-16-20-15-21-22)17-9-5-3-6-10-17/h3-12,15-16,23H,13-14H2,1-2H3. The van der Waals surface area contributed by atoms with Gasteiger partial charge in [-0.05, 0) is 11.6 Å². The van der Waals surface area contributed by atoms with Crippen molar-refractivity contribution in [1.29, 1.82) is 0 Å². The summed E-state index contributed by atoms with van der Waals surface area (Å²) >= 11 is 0. The van der Waals surface area contributed by atoms with Crippen molar-refractivity contribution >= 4 is 13.3 Å². The predicted octanol–water partition coefficient (Wildman–Crippen LogP) is 2.78. The zero-order chi connectivity index (χ0) is 17.0. The summed E-state index contributed by atoms with van der Waals surface area (Å²) in [6.07, 6.45) is 3.16. The van der Waals surface area contributed by atoms with Crippen LogP contribution in [0.5, 0.6) is 0 Å². The Morgan fingerprint density at radius 2 is 1.62 bits per heavy atom. The third kappa shape index (κ3) is 3.63. The highest BCUT2D eigenvalue weighted by Crippen LogP contribution is 2.32. The van der Waals surface area contributed by atoms with Crippen LogP contribution in [0, 0.1) is 0 Å². The van der Waals surface area contributed by atoms with Gasteiger partial charge in [0.1, 0.15) is 18.3 Å². The second kappa shape index (κ2) is 6.71. The zero-order valence-electron chi connectivity index (χ0n) is 14.1. The summed E-state index contributed by atoms with van der Waals surface area (Å²) in [6.45, 7) is 5.01. The molecule has 0 saturated carbocycles. The lowest BCUT2D eigenvalue weighted by Crippen LogP contribution is -2.48. The lowest BCUT2D eigenvalue weighted by Gasteiger charge is -2.36. The third-order valence-electron chi connectivity index (χ3n) is 4.49. The van der Waals surface area contributed by atoms with E-state index in [9.17, 15) is 5.11 Å². The number of hydrogen-bond donors (Lipinski definition) is 1. The van der Waals surface area contributed by atoms with Gasteiger partial charge in [0.25, 0.3) is 0 Å². The molecule has 0 radical (unpaired) electrons. The Labute approximate surface area is 143 Å². The van der Waals surface area contributed by atoms with E-state index in [0.29, 0.717) is 12.6 Å². The van der Waals surface area contributed by atoms with Gasteiger partial charge < -0.3 is 5.11 Å². The van der Waals surface area contributed by atoms with Gasteiger partial charge in [-0.2, -0.15) is 5.10 Å². The van der Waals surface area contributed by atoms with Crippen molar-refractivity contribution in [1.82, 2.24) is 14.8 Å². The topological polar surface area (TPSA) is 50.9 Å². The third-order valence-corrected chi connectivity index (χ3v) is 7.86. The maximum absolute atomic E-state index is 11.6. The van der Waals surface area contributed by atoms with E-state index in [-0.39, 0.29) is 0 Å². The van der Waals surface area contributed by atoms with Crippen molar-refractivity contribution in [2.45, 2.75) is 31.3 Å². The first kappa shape index (κ1) is 16.6. The molecular weight excluding hydrogens is 314 g/mol. The molecule has 0 amide bonds.